The molecule has 10 nitrogen and oxygen atoms in total. The van der Waals surface area contributed by atoms with Crippen molar-refractivity contribution in [3.8, 4) is 11.6 Å². The molecule has 0 saturated carbocycles. The molecule has 10 heteroatoms. The normalized spacial score (nSPS) is 20.2. The van der Waals surface area contributed by atoms with Crippen LogP contribution in [0, 0.1) is 0 Å². The molecule has 4 heterocycles. The quantitative estimate of drug-likeness (QED) is 0.469. The van der Waals surface area contributed by atoms with Gasteiger partial charge in [0.05, 0.1) is 16.6 Å². The Morgan fingerprint density at radius 3 is 3.03 bits per heavy atom. The zero-order valence-electron chi connectivity index (χ0n) is 19.2. The van der Waals surface area contributed by atoms with E-state index in [1.54, 1.807) is 12.3 Å². The minimum atomic E-state index is -0.0217. The van der Waals surface area contributed by atoms with Crippen LogP contribution in [0.4, 0.5) is 11.5 Å². The van der Waals surface area contributed by atoms with Gasteiger partial charge in [0, 0.05) is 38.0 Å². The molecule has 1 fully saturated rings. The van der Waals surface area contributed by atoms with Crippen LogP contribution in [-0.4, -0.2) is 87.9 Å². The summed E-state index contributed by atoms with van der Waals surface area (Å²) >= 11 is 0. The highest BCUT2D eigenvalue weighted by molar-refractivity contribution is 6.06. The number of nitrogens with one attached hydrogen (secondary N) is 2. The number of likely N-dealkylation sites (N-methyl/N-ethyl adjacent to an activating group) is 1. The molecule has 2 aliphatic heterocycles. The van der Waals surface area contributed by atoms with Crippen LogP contribution in [0.1, 0.15) is 24.8 Å². The SMILES string of the molecule is CN1CCCNc2ncnc3[nH]c(O)c(c23)C=Nc2cccc(c2)OCC(=O)N2CCC[C@@H]2C1. The Hall–Kier alpha value is -3.66. The molecule has 0 radical (unpaired) electrons. The Balaban J connectivity index is 1.46. The highest BCUT2D eigenvalue weighted by Gasteiger charge is 2.29. The number of carbonyl (C=O) groups excluding carboxylic acids is 1. The molecule has 0 unspecified atom stereocenters. The maximum absolute atomic E-state index is 12.9. The van der Waals surface area contributed by atoms with Gasteiger partial charge in [-0.05, 0) is 45.0 Å². The number of aromatic nitrogens is 3. The number of carbonyl (C=O) groups is 1. The number of ether oxygens (including phenoxy) is 1. The van der Waals surface area contributed by atoms with Crippen molar-refractivity contribution in [1.82, 2.24) is 24.8 Å². The second-order valence-corrected chi connectivity index (χ2v) is 8.80. The Kier molecular flexibility index (Phi) is 6.31. The van der Waals surface area contributed by atoms with Gasteiger partial charge in [-0.2, -0.15) is 0 Å². The molecule has 34 heavy (non-hydrogen) atoms. The monoisotopic (exact) mass is 463 g/mol. The lowest BCUT2D eigenvalue weighted by molar-refractivity contribution is -0.134. The summed E-state index contributed by atoms with van der Waals surface area (Å²) in [6.07, 6.45) is 5.99. The topological polar surface area (TPSA) is 119 Å². The number of hydrogen-bond acceptors (Lipinski definition) is 8. The smallest absolute Gasteiger partial charge is 0.260 e. The minimum absolute atomic E-state index is 0.00123. The number of H-pyrrole nitrogens is 1. The molecular weight excluding hydrogens is 434 g/mol. The third-order valence-corrected chi connectivity index (χ3v) is 6.36. The molecule has 5 rings (SSSR count). The Morgan fingerprint density at radius 1 is 1.21 bits per heavy atom. The van der Waals surface area contributed by atoms with Crippen molar-refractivity contribution in [3.63, 3.8) is 0 Å². The van der Waals surface area contributed by atoms with E-state index in [2.05, 4.69) is 37.2 Å². The highest BCUT2D eigenvalue weighted by Crippen LogP contribution is 2.30. The largest absolute Gasteiger partial charge is 0.494 e. The summed E-state index contributed by atoms with van der Waals surface area (Å²) in [6.45, 7) is 3.21. The highest BCUT2D eigenvalue weighted by atomic mass is 16.5. The van der Waals surface area contributed by atoms with Gasteiger partial charge in [-0.3, -0.25) is 9.79 Å². The molecule has 2 aromatic heterocycles. The molecule has 0 spiro atoms. The van der Waals surface area contributed by atoms with Crippen LogP contribution < -0.4 is 10.1 Å². The molecule has 178 valence electrons. The number of nitrogens with zero attached hydrogens (tertiary/aromatic N) is 5. The molecule has 3 N–H and O–H groups in total. The molecule has 1 amide bonds. The second kappa shape index (κ2) is 9.68. The zero-order valence-corrected chi connectivity index (χ0v) is 19.2. The van der Waals surface area contributed by atoms with Gasteiger partial charge in [0.25, 0.3) is 5.91 Å². The van der Waals surface area contributed by atoms with E-state index in [9.17, 15) is 9.90 Å². The average molecular weight is 464 g/mol. The predicted octanol–water partition coefficient (Wildman–Crippen LogP) is 2.53. The van der Waals surface area contributed by atoms with Gasteiger partial charge in [0.1, 0.15) is 23.5 Å². The van der Waals surface area contributed by atoms with E-state index in [0.717, 1.165) is 38.9 Å². The first kappa shape index (κ1) is 22.1. The van der Waals surface area contributed by atoms with Crippen LogP contribution in [0.2, 0.25) is 0 Å². The van der Waals surface area contributed by atoms with E-state index in [1.807, 2.05) is 23.1 Å². The minimum Gasteiger partial charge on any atom is -0.494 e. The summed E-state index contributed by atoms with van der Waals surface area (Å²) in [7, 11) is 2.09. The van der Waals surface area contributed by atoms with E-state index < -0.39 is 0 Å². The molecule has 2 bridgehead atoms. The lowest BCUT2D eigenvalue weighted by Crippen LogP contribution is -2.44. The van der Waals surface area contributed by atoms with Crippen LogP contribution >= 0.6 is 0 Å². The fourth-order valence-corrected chi connectivity index (χ4v) is 4.67. The van der Waals surface area contributed by atoms with E-state index in [1.165, 1.54) is 6.33 Å². The maximum Gasteiger partial charge on any atom is 0.260 e. The molecule has 1 aromatic carbocycles. The number of amides is 1. The number of anilines is 1. The van der Waals surface area contributed by atoms with Gasteiger partial charge < -0.3 is 29.9 Å². The van der Waals surface area contributed by atoms with E-state index in [-0.39, 0.29) is 24.4 Å². The van der Waals surface area contributed by atoms with E-state index >= 15 is 0 Å². The number of aliphatic imine (C=N–C) groups is 1. The average Bonchev–Trinajstić information content (AvgIpc) is 3.42. The lowest BCUT2D eigenvalue weighted by atomic mass is 10.2. The Labute approximate surface area is 197 Å². The van der Waals surface area contributed by atoms with Crippen molar-refractivity contribution in [2.45, 2.75) is 25.3 Å². The Morgan fingerprint density at radius 2 is 2.12 bits per heavy atom. The van der Waals surface area contributed by atoms with Gasteiger partial charge >= 0.3 is 0 Å². The fraction of sp³-hybridized carbons (Fsp3) is 0.417. The first-order valence-corrected chi connectivity index (χ1v) is 11.6. The number of fused-ring (bicyclic) bond motifs is 3. The second-order valence-electron chi connectivity index (χ2n) is 8.80. The van der Waals surface area contributed by atoms with Crippen LogP contribution in [0.25, 0.3) is 11.0 Å². The van der Waals surface area contributed by atoms with Crippen molar-refractivity contribution in [2.24, 2.45) is 4.99 Å². The van der Waals surface area contributed by atoms with Crippen molar-refractivity contribution in [1.29, 1.82) is 0 Å². The van der Waals surface area contributed by atoms with E-state index in [4.69, 9.17) is 4.74 Å². The number of hydrogen-bond donors (Lipinski definition) is 3. The lowest BCUT2D eigenvalue weighted by Gasteiger charge is -2.29. The predicted molar refractivity (Wildman–Crippen MR) is 130 cm³/mol. The van der Waals surface area contributed by atoms with Crippen LogP contribution in [0.15, 0.2) is 35.6 Å². The van der Waals surface area contributed by atoms with Crippen LogP contribution in [-0.2, 0) is 4.79 Å². The molecule has 1 atom stereocenters. The Bertz CT molecular complexity index is 1210. The summed E-state index contributed by atoms with van der Waals surface area (Å²) < 4.78 is 5.82. The van der Waals surface area contributed by atoms with E-state index in [0.29, 0.717) is 40.4 Å². The standard InChI is InChI=1S/C24H29N7O3/c1-30-9-4-8-25-22-21-19(24(33)29-23(21)28-15-27-22)12-26-16-5-2-7-18(11-16)34-14-20(32)31-10-3-6-17(31)13-30/h2,5,7,11-12,15,17,33H,3-4,6,8-10,13-14H2,1H3,(H2,25,27,28,29)/t17-/m1/s1. The van der Waals surface area contributed by atoms with Crippen LogP contribution in [0.3, 0.4) is 0 Å². The van der Waals surface area contributed by atoms with Gasteiger partial charge in [-0.25, -0.2) is 9.97 Å². The number of aromatic amines is 1. The summed E-state index contributed by atoms with van der Waals surface area (Å²) in [6, 6.07) is 7.45. The first-order valence-electron chi connectivity index (χ1n) is 11.6. The molecular formula is C24H29N7O3. The zero-order chi connectivity index (χ0) is 23.5. The molecule has 2 aliphatic rings. The summed E-state index contributed by atoms with van der Waals surface area (Å²) in [5.74, 6) is 1.21. The summed E-state index contributed by atoms with van der Waals surface area (Å²) in [5.41, 5.74) is 1.69. The third kappa shape index (κ3) is 4.67. The summed E-state index contributed by atoms with van der Waals surface area (Å²) in [4.78, 5) is 33.2. The number of benzene rings is 1. The maximum atomic E-state index is 12.9. The van der Waals surface area contributed by atoms with Crippen molar-refractivity contribution in [2.75, 3.05) is 45.2 Å². The molecule has 3 aromatic rings. The summed E-state index contributed by atoms with van der Waals surface area (Å²) in [5, 5.41) is 14.6. The first-order chi connectivity index (χ1) is 16.6. The van der Waals surface area contributed by atoms with Gasteiger partial charge in [-0.1, -0.05) is 6.07 Å². The van der Waals surface area contributed by atoms with Crippen molar-refractivity contribution >= 4 is 34.7 Å². The van der Waals surface area contributed by atoms with Gasteiger partial charge in [-0.15, -0.1) is 0 Å². The fourth-order valence-electron chi connectivity index (χ4n) is 4.67. The number of aromatic hydroxyl groups is 1. The molecule has 1 saturated heterocycles. The van der Waals surface area contributed by atoms with Gasteiger partial charge in [0.15, 0.2) is 12.5 Å². The van der Waals surface area contributed by atoms with Crippen molar-refractivity contribution < 1.29 is 14.6 Å². The third-order valence-electron chi connectivity index (χ3n) is 6.36. The number of rotatable bonds is 0. The van der Waals surface area contributed by atoms with Crippen LogP contribution in [0.5, 0.6) is 11.6 Å². The van der Waals surface area contributed by atoms with Crippen molar-refractivity contribution in [3.05, 3.63) is 36.2 Å². The molecule has 0 aliphatic carbocycles. The van der Waals surface area contributed by atoms with Gasteiger partial charge in [0.2, 0.25) is 0 Å².